The van der Waals surface area contributed by atoms with Crippen LogP contribution in [0.1, 0.15) is 21.5 Å². The predicted molar refractivity (Wildman–Crippen MR) is 86.3 cm³/mol. The van der Waals surface area contributed by atoms with Crippen molar-refractivity contribution in [2.24, 2.45) is 0 Å². The van der Waals surface area contributed by atoms with Crippen LogP contribution in [0.5, 0.6) is 0 Å². The third-order valence-electron chi connectivity index (χ3n) is 3.58. The fourth-order valence-corrected chi connectivity index (χ4v) is 2.34. The zero-order valence-electron chi connectivity index (χ0n) is 12.0. The molecule has 3 aromatic rings. The summed E-state index contributed by atoms with van der Waals surface area (Å²) < 4.78 is 0. The van der Waals surface area contributed by atoms with Gasteiger partial charge < -0.3 is 5.32 Å². The summed E-state index contributed by atoms with van der Waals surface area (Å²) >= 11 is 0. The molecule has 104 valence electrons. The molecule has 0 aliphatic heterocycles. The van der Waals surface area contributed by atoms with Crippen molar-refractivity contribution < 1.29 is 4.79 Å². The SMILES string of the molecule is Cc1ccc(C(=O)NCc2ccc3ccccc3c2)cc1. The van der Waals surface area contributed by atoms with Crippen molar-refractivity contribution in [2.75, 3.05) is 0 Å². The van der Waals surface area contributed by atoms with Gasteiger partial charge in [-0.2, -0.15) is 0 Å². The molecule has 0 atom stereocenters. The van der Waals surface area contributed by atoms with Crippen LogP contribution in [0.4, 0.5) is 0 Å². The van der Waals surface area contributed by atoms with Gasteiger partial charge in [-0.25, -0.2) is 0 Å². The molecule has 0 spiro atoms. The first-order valence-corrected chi connectivity index (χ1v) is 7.05. The topological polar surface area (TPSA) is 29.1 Å². The van der Waals surface area contributed by atoms with E-state index in [1.165, 1.54) is 10.8 Å². The lowest BCUT2D eigenvalue weighted by atomic mass is 10.1. The van der Waals surface area contributed by atoms with Crippen molar-refractivity contribution in [2.45, 2.75) is 13.5 Å². The van der Waals surface area contributed by atoms with Gasteiger partial charge in [0.05, 0.1) is 0 Å². The first-order chi connectivity index (χ1) is 10.2. The number of carbonyl (C=O) groups is 1. The van der Waals surface area contributed by atoms with Crippen LogP contribution in [0, 0.1) is 6.92 Å². The van der Waals surface area contributed by atoms with Crippen LogP contribution < -0.4 is 5.32 Å². The zero-order chi connectivity index (χ0) is 14.7. The summed E-state index contributed by atoms with van der Waals surface area (Å²) in [6.07, 6.45) is 0. The highest BCUT2D eigenvalue weighted by Crippen LogP contribution is 2.15. The number of carbonyl (C=O) groups excluding carboxylic acids is 1. The van der Waals surface area contributed by atoms with Gasteiger partial charge in [0.1, 0.15) is 0 Å². The molecule has 3 rings (SSSR count). The molecule has 21 heavy (non-hydrogen) atoms. The molecule has 0 saturated carbocycles. The predicted octanol–water partition coefficient (Wildman–Crippen LogP) is 4.08. The van der Waals surface area contributed by atoms with Gasteiger partial charge in [0.15, 0.2) is 0 Å². The fourth-order valence-electron chi connectivity index (χ4n) is 2.34. The first-order valence-electron chi connectivity index (χ1n) is 7.05. The maximum atomic E-state index is 12.1. The van der Waals surface area contributed by atoms with Crippen LogP contribution >= 0.6 is 0 Å². The molecular formula is C19H17NO. The molecule has 0 unspecified atom stereocenters. The summed E-state index contributed by atoms with van der Waals surface area (Å²) in [4.78, 5) is 12.1. The average Bonchev–Trinajstić information content (AvgIpc) is 2.53. The van der Waals surface area contributed by atoms with E-state index in [1.807, 2.05) is 43.3 Å². The molecule has 0 aliphatic rings. The van der Waals surface area contributed by atoms with Crippen molar-refractivity contribution in [3.8, 4) is 0 Å². The minimum absolute atomic E-state index is 0.0387. The fraction of sp³-hybridized carbons (Fsp3) is 0.105. The van der Waals surface area contributed by atoms with Gasteiger partial charge in [-0.3, -0.25) is 4.79 Å². The third kappa shape index (κ3) is 3.11. The largest absolute Gasteiger partial charge is 0.348 e. The van der Waals surface area contributed by atoms with Gasteiger partial charge in [-0.05, 0) is 41.5 Å². The minimum Gasteiger partial charge on any atom is -0.348 e. The number of nitrogens with one attached hydrogen (secondary N) is 1. The number of aryl methyl sites for hydroxylation is 1. The summed E-state index contributed by atoms with van der Waals surface area (Å²) in [6, 6.07) is 22.1. The molecule has 2 nitrogen and oxygen atoms in total. The highest BCUT2D eigenvalue weighted by Gasteiger charge is 2.04. The molecule has 0 heterocycles. The average molecular weight is 275 g/mol. The second kappa shape index (κ2) is 5.80. The summed E-state index contributed by atoms with van der Waals surface area (Å²) in [5, 5.41) is 5.37. The Morgan fingerprint density at radius 2 is 1.62 bits per heavy atom. The Kier molecular flexibility index (Phi) is 3.69. The normalized spacial score (nSPS) is 10.5. The van der Waals surface area contributed by atoms with Gasteiger partial charge in [0.25, 0.3) is 5.91 Å². The van der Waals surface area contributed by atoms with E-state index in [4.69, 9.17) is 0 Å². The highest BCUT2D eigenvalue weighted by molar-refractivity contribution is 5.94. The number of benzene rings is 3. The van der Waals surface area contributed by atoms with Crippen LogP contribution in [-0.4, -0.2) is 5.91 Å². The lowest BCUT2D eigenvalue weighted by Gasteiger charge is -2.07. The van der Waals surface area contributed by atoms with E-state index in [0.29, 0.717) is 12.1 Å². The van der Waals surface area contributed by atoms with Gasteiger partial charge in [-0.1, -0.05) is 54.1 Å². The third-order valence-corrected chi connectivity index (χ3v) is 3.58. The van der Waals surface area contributed by atoms with Crippen LogP contribution in [0.2, 0.25) is 0 Å². The van der Waals surface area contributed by atoms with Crippen molar-refractivity contribution in [1.29, 1.82) is 0 Å². The lowest BCUT2D eigenvalue weighted by molar-refractivity contribution is 0.0951. The molecule has 3 aromatic carbocycles. The van der Waals surface area contributed by atoms with Gasteiger partial charge in [0.2, 0.25) is 0 Å². The van der Waals surface area contributed by atoms with E-state index >= 15 is 0 Å². The summed E-state index contributed by atoms with van der Waals surface area (Å²) in [5.41, 5.74) is 2.96. The van der Waals surface area contributed by atoms with Crippen LogP contribution in [-0.2, 0) is 6.54 Å². The first kappa shape index (κ1) is 13.4. The standard InChI is InChI=1S/C19H17NO/c1-14-6-9-17(10-7-14)19(21)20-13-15-8-11-16-4-2-3-5-18(16)12-15/h2-12H,13H2,1H3,(H,20,21). The number of fused-ring (bicyclic) bond motifs is 1. The maximum absolute atomic E-state index is 12.1. The van der Waals surface area contributed by atoms with E-state index in [1.54, 1.807) is 0 Å². The van der Waals surface area contributed by atoms with Crippen molar-refractivity contribution in [1.82, 2.24) is 5.32 Å². The van der Waals surface area contributed by atoms with E-state index in [2.05, 4.69) is 35.6 Å². The highest BCUT2D eigenvalue weighted by atomic mass is 16.1. The second-order valence-corrected chi connectivity index (χ2v) is 5.23. The van der Waals surface area contributed by atoms with Gasteiger partial charge in [-0.15, -0.1) is 0 Å². The molecule has 0 bridgehead atoms. The summed E-state index contributed by atoms with van der Waals surface area (Å²) in [7, 11) is 0. The molecule has 0 fully saturated rings. The summed E-state index contributed by atoms with van der Waals surface area (Å²) in [5.74, 6) is -0.0387. The Bertz CT molecular complexity index is 775. The molecule has 0 radical (unpaired) electrons. The Hall–Kier alpha value is -2.61. The lowest BCUT2D eigenvalue weighted by Crippen LogP contribution is -2.22. The molecular weight excluding hydrogens is 258 g/mol. The Labute approximate surface area is 124 Å². The number of amides is 1. The molecule has 0 aromatic heterocycles. The summed E-state index contributed by atoms with van der Waals surface area (Å²) in [6.45, 7) is 2.55. The van der Waals surface area contributed by atoms with Crippen molar-refractivity contribution in [3.05, 3.63) is 83.4 Å². The van der Waals surface area contributed by atoms with Crippen LogP contribution in [0.15, 0.2) is 66.7 Å². The van der Waals surface area contributed by atoms with Crippen molar-refractivity contribution in [3.63, 3.8) is 0 Å². The molecule has 1 amide bonds. The molecule has 0 saturated heterocycles. The Morgan fingerprint density at radius 1 is 0.905 bits per heavy atom. The van der Waals surface area contributed by atoms with Crippen molar-refractivity contribution >= 4 is 16.7 Å². The molecule has 0 aliphatic carbocycles. The smallest absolute Gasteiger partial charge is 0.251 e. The van der Waals surface area contributed by atoms with E-state index in [-0.39, 0.29) is 5.91 Å². The van der Waals surface area contributed by atoms with Crippen LogP contribution in [0.25, 0.3) is 10.8 Å². The molecule has 2 heteroatoms. The monoisotopic (exact) mass is 275 g/mol. The zero-order valence-corrected chi connectivity index (χ0v) is 12.0. The van der Waals surface area contributed by atoms with Gasteiger partial charge in [0, 0.05) is 12.1 Å². The van der Waals surface area contributed by atoms with E-state index < -0.39 is 0 Å². The van der Waals surface area contributed by atoms with E-state index in [9.17, 15) is 4.79 Å². The second-order valence-electron chi connectivity index (χ2n) is 5.23. The Balaban J connectivity index is 1.71. The number of hydrogen-bond donors (Lipinski definition) is 1. The number of rotatable bonds is 3. The maximum Gasteiger partial charge on any atom is 0.251 e. The minimum atomic E-state index is -0.0387. The Morgan fingerprint density at radius 3 is 2.38 bits per heavy atom. The van der Waals surface area contributed by atoms with E-state index in [0.717, 1.165) is 11.1 Å². The number of hydrogen-bond acceptors (Lipinski definition) is 1. The van der Waals surface area contributed by atoms with Gasteiger partial charge >= 0.3 is 0 Å². The molecule has 1 N–H and O–H groups in total. The quantitative estimate of drug-likeness (QED) is 0.766. The van der Waals surface area contributed by atoms with Crippen LogP contribution in [0.3, 0.4) is 0 Å².